The first-order chi connectivity index (χ1) is 25.1. The molecule has 7 atom stereocenters. The number of aryl methyl sites for hydroxylation is 2. The molecule has 8 N–H and O–H groups in total. The number of carboxylic acids is 1. The van der Waals surface area contributed by atoms with Gasteiger partial charge in [0.15, 0.2) is 5.60 Å². The molecule has 0 aliphatic carbocycles. The van der Waals surface area contributed by atoms with Gasteiger partial charge in [-0.25, -0.2) is 9.59 Å². The molecule has 1 spiro atoms. The van der Waals surface area contributed by atoms with Gasteiger partial charge in [0.05, 0.1) is 37.0 Å². The average molecular weight is 742 g/mol. The number of aliphatic hydroxyl groups is 3. The van der Waals surface area contributed by atoms with Crippen molar-refractivity contribution in [2.75, 3.05) is 45.9 Å². The van der Waals surface area contributed by atoms with Gasteiger partial charge in [0.25, 0.3) is 5.91 Å². The second-order valence-electron chi connectivity index (χ2n) is 14.4. The van der Waals surface area contributed by atoms with Crippen molar-refractivity contribution < 1.29 is 54.2 Å². The summed E-state index contributed by atoms with van der Waals surface area (Å²) in [6, 6.07) is 11.0. The summed E-state index contributed by atoms with van der Waals surface area (Å²) in [6.45, 7) is 6.52. The number of likely N-dealkylation sites (tertiary alicyclic amines) is 1. The summed E-state index contributed by atoms with van der Waals surface area (Å²) in [5, 5.41) is 62.3. The highest BCUT2D eigenvalue weighted by atomic mass is 16.6. The lowest BCUT2D eigenvalue weighted by molar-refractivity contribution is -0.231. The number of hydrogen-bond acceptors (Lipinski definition) is 11. The second kappa shape index (κ2) is 16.8. The van der Waals surface area contributed by atoms with Crippen molar-refractivity contribution in [1.29, 1.82) is 0 Å². The molecule has 4 amide bonds. The molecule has 0 bridgehead atoms. The minimum Gasteiger partial charge on any atom is -0.507 e. The number of rotatable bonds is 12. The standard InChI is InChI=1S/C37H51N5O11/c1-22-15-26(16-23(2)30(22)46)33(48)38-19-28(45)31(47)32-29(40-24(3)43)27(44)17-37(53-32,34(49)50)10-12-42-13-14-52-21-36(42)9-11-41(20-36)35(51)39-18-25-7-5-4-6-8-25/h4-8,15-16,27-29,31-32,44-47H,9-14,17-21H2,1-3H3,(H,38,48)(H,39,51)(H,40,43)(H,49,50)/t27-,28+,29+,31+,32+,36-,37+/m0/s1. The number of carbonyl (C=O) groups is 4. The number of phenols is 1. The van der Waals surface area contributed by atoms with Crippen LogP contribution < -0.4 is 16.0 Å². The minimum absolute atomic E-state index is 0.0480. The Morgan fingerprint density at radius 3 is 2.40 bits per heavy atom. The van der Waals surface area contributed by atoms with Gasteiger partial charge in [0.1, 0.15) is 18.0 Å². The van der Waals surface area contributed by atoms with Crippen molar-refractivity contribution >= 4 is 23.8 Å². The number of carboxylic acid groups (broad SMARTS) is 1. The number of morpholine rings is 1. The van der Waals surface area contributed by atoms with Crippen LogP contribution >= 0.6 is 0 Å². The minimum atomic E-state index is -2.03. The van der Waals surface area contributed by atoms with Gasteiger partial charge in [-0.3, -0.25) is 14.5 Å². The zero-order chi connectivity index (χ0) is 38.5. The number of nitrogens with one attached hydrogen (secondary N) is 3. The van der Waals surface area contributed by atoms with Gasteiger partial charge in [-0.2, -0.15) is 0 Å². The Morgan fingerprint density at radius 2 is 1.74 bits per heavy atom. The molecule has 0 unspecified atom stereocenters. The van der Waals surface area contributed by atoms with Crippen LogP contribution in [0.5, 0.6) is 5.75 Å². The largest absolute Gasteiger partial charge is 0.507 e. The van der Waals surface area contributed by atoms with Crippen LogP contribution in [-0.2, 0) is 25.6 Å². The maximum Gasteiger partial charge on any atom is 0.336 e. The normalized spacial score (nSPS) is 27.2. The fourth-order valence-electron chi connectivity index (χ4n) is 7.61. The molecule has 16 nitrogen and oxygen atoms in total. The van der Waals surface area contributed by atoms with Crippen LogP contribution in [0.3, 0.4) is 0 Å². The molecule has 53 heavy (non-hydrogen) atoms. The Morgan fingerprint density at radius 1 is 1.04 bits per heavy atom. The molecule has 5 rings (SSSR count). The maximum atomic E-state index is 13.1. The van der Waals surface area contributed by atoms with Crippen molar-refractivity contribution in [3.8, 4) is 5.75 Å². The van der Waals surface area contributed by atoms with Crippen molar-refractivity contribution in [3.05, 3.63) is 64.7 Å². The Labute approximate surface area is 308 Å². The van der Waals surface area contributed by atoms with E-state index >= 15 is 0 Å². The molecule has 0 aromatic heterocycles. The van der Waals surface area contributed by atoms with E-state index in [1.807, 2.05) is 30.3 Å². The topological polar surface area (TPSA) is 230 Å². The molecule has 2 aromatic carbocycles. The zero-order valence-corrected chi connectivity index (χ0v) is 30.3. The number of ether oxygens (including phenoxy) is 2. The van der Waals surface area contributed by atoms with Crippen LogP contribution in [-0.4, -0.2) is 147 Å². The second-order valence-corrected chi connectivity index (χ2v) is 14.4. The van der Waals surface area contributed by atoms with Gasteiger partial charge in [0, 0.05) is 64.6 Å². The van der Waals surface area contributed by atoms with Crippen molar-refractivity contribution in [3.63, 3.8) is 0 Å². The van der Waals surface area contributed by atoms with Gasteiger partial charge in [0.2, 0.25) is 5.91 Å². The number of urea groups is 1. The molecule has 3 heterocycles. The van der Waals surface area contributed by atoms with E-state index in [1.54, 1.807) is 18.7 Å². The first-order valence-corrected chi connectivity index (χ1v) is 17.8. The zero-order valence-electron chi connectivity index (χ0n) is 30.3. The lowest BCUT2D eigenvalue weighted by Gasteiger charge is -2.49. The summed E-state index contributed by atoms with van der Waals surface area (Å²) in [6.07, 6.45) is -6.59. The number of amides is 4. The van der Waals surface area contributed by atoms with E-state index in [0.29, 0.717) is 56.9 Å². The van der Waals surface area contributed by atoms with Crippen molar-refractivity contribution in [1.82, 2.24) is 25.8 Å². The molecule has 3 aliphatic rings. The highest BCUT2D eigenvalue weighted by Crippen LogP contribution is 2.37. The molecule has 290 valence electrons. The number of aromatic hydroxyl groups is 1. The van der Waals surface area contributed by atoms with Crippen LogP contribution in [0.2, 0.25) is 0 Å². The third-order valence-corrected chi connectivity index (χ3v) is 10.6. The number of aliphatic hydroxyl groups excluding tert-OH is 3. The van der Waals surface area contributed by atoms with Crippen molar-refractivity contribution in [2.45, 2.75) is 88.2 Å². The number of carbonyl (C=O) groups excluding carboxylic acids is 3. The Bertz CT molecular complexity index is 1620. The number of hydrogen-bond donors (Lipinski definition) is 8. The van der Waals surface area contributed by atoms with Crippen LogP contribution in [0, 0.1) is 13.8 Å². The number of aliphatic carboxylic acids is 1. The summed E-state index contributed by atoms with van der Waals surface area (Å²) in [5.74, 6) is -2.52. The highest BCUT2D eigenvalue weighted by Gasteiger charge is 2.55. The molecule has 3 fully saturated rings. The van der Waals surface area contributed by atoms with Crippen LogP contribution in [0.15, 0.2) is 42.5 Å². The smallest absolute Gasteiger partial charge is 0.336 e. The molecule has 0 radical (unpaired) electrons. The molecule has 16 heteroatoms. The van der Waals surface area contributed by atoms with Gasteiger partial charge >= 0.3 is 12.0 Å². The Kier molecular flexibility index (Phi) is 12.6. The van der Waals surface area contributed by atoms with Gasteiger partial charge in [-0.15, -0.1) is 0 Å². The van der Waals surface area contributed by atoms with Gasteiger partial charge in [-0.1, -0.05) is 30.3 Å². The molecular weight excluding hydrogens is 690 g/mol. The summed E-state index contributed by atoms with van der Waals surface area (Å²) in [4.78, 5) is 54.9. The van der Waals surface area contributed by atoms with Crippen LogP contribution in [0.1, 0.15) is 53.2 Å². The summed E-state index contributed by atoms with van der Waals surface area (Å²) in [5.41, 5.74) is -0.497. The first-order valence-electron chi connectivity index (χ1n) is 17.8. The highest BCUT2D eigenvalue weighted by molar-refractivity contribution is 5.95. The predicted molar refractivity (Wildman–Crippen MR) is 190 cm³/mol. The number of phenolic OH excluding ortho intramolecular Hbond substituents is 1. The SMILES string of the molecule is CC(=O)N[C@H]1[C@H]([C@H](O)[C@H](O)CNC(=O)c2cc(C)c(O)c(C)c2)O[C@@](CCN2CCOC[C@@]23CCN(C(=O)NCc2ccccc2)C3)(C(=O)O)C[C@@H]1O. The summed E-state index contributed by atoms with van der Waals surface area (Å²) < 4.78 is 12.0. The molecule has 3 saturated heterocycles. The van der Waals surface area contributed by atoms with E-state index < -0.39 is 72.3 Å². The Balaban J connectivity index is 1.27. The molecule has 2 aromatic rings. The van der Waals surface area contributed by atoms with E-state index in [4.69, 9.17) is 9.47 Å². The van der Waals surface area contributed by atoms with Crippen LogP contribution in [0.4, 0.5) is 4.79 Å². The quantitative estimate of drug-likeness (QED) is 0.144. The van der Waals surface area contributed by atoms with Gasteiger partial charge < -0.3 is 55.9 Å². The monoisotopic (exact) mass is 741 g/mol. The molecule has 3 aliphatic heterocycles. The van der Waals surface area contributed by atoms with E-state index in [1.165, 1.54) is 19.1 Å². The number of benzene rings is 2. The van der Waals surface area contributed by atoms with Crippen LogP contribution in [0.25, 0.3) is 0 Å². The molecule has 0 saturated carbocycles. The summed E-state index contributed by atoms with van der Waals surface area (Å²) >= 11 is 0. The lowest BCUT2D eigenvalue weighted by atomic mass is 9.81. The number of nitrogens with zero attached hydrogens (tertiary/aromatic N) is 2. The van der Waals surface area contributed by atoms with Crippen molar-refractivity contribution in [2.24, 2.45) is 0 Å². The van der Waals surface area contributed by atoms with E-state index in [9.17, 15) is 44.7 Å². The Hall–Kier alpha value is -4.32. The fraction of sp³-hybridized carbons (Fsp3) is 0.568. The third-order valence-electron chi connectivity index (χ3n) is 10.6. The fourth-order valence-corrected chi connectivity index (χ4v) is 7.61. The predicted octanol–water partition coefficient (Wildman–Crippen LogP) is 0.0151. The van der Waals surface area contributed by atoms with E-state index in [0.717, 1.165) is 5.56 Å². The van der Waals surface area contributed by atoms with E-state index in [-0.39, 0.29) is 30.3 Å². The maximum absolute atomic E-state index is 13.1. The lowest BCUT2D eigenvalue weighted by Crippen LogP contribution is -2.68. The average Bonchev–Trinajstić information content (AvgIpc) is 3.56. The first kappa shape index (κ1) is 39.9. The van der Waals surface area contributed by atoms with Gasteiger partial charge in [-0.05, 0) is 49.1 Å². The molecular formula is C37H51N5O11. The summed E-state index contributed by atoms with van der Waals surface area (Å²) in [7, 11) is 0. The third kappa shape index (κ3) is 9.08. The van der Waals surface area contributed by atoms with E-state index in [2.05, 4.69) is 20.9 Å².